The van der Waals surface area contributed by atoms with Crippen LogP contribution < -0.4 is 5.32 Å². The zero-order chi connectivity index (χ0) is 19.9. The molecule has 1 N–H and O–H groups in total. The van der Waals surface area contributed by atoms with Gasteiger partial charge < -0.3 is 5.32 Å². The molecule has 3 aromatic carbocycles. The van der Waals surface area contributed by atoms with Crippen LogP contribution in [0.5, 0.6) is 0 Å². The Kier molecular flexibility index (Phi) is 5.76. The van der Waals surface area contributed by atoms with Gasteiger partial charge in [-0.3, -0.25) is 4.79 Å². The second-order valence-corrected chi connectivity index (χ2v) is 6.76. The summed E-state index contributed by atoms with van der Waals surface area (Å²) < 4.78 is 1.40. The van der Waals surface area contributed by atoms with E-state index in [1.165, 1.54) is 4.68 Å². The molecule has 0 radical (unpaired) electrons. The Bertz CT molecular complexity index is 1060. The lowest BCUT2D eigenvalue weighted by molar-refractivity contribution is 0.0890. The summed E-state index contributed by atoms with van der Waals surface area (Å²) in [6.45, 7) is 0.569. The van der Waals surface area contributed by atoms with E-state index in [1.54, 1.807) is 0 Å². The molecule has 0 atom stereocenters. The lowest BCUT2D eigenvalue weighted by atomic mass is 10.1. The maximum Gasteiger partial charge on any atom is 0.250 e. The van der Waals surface area contributed by atoms with E-state index in [1.807, 2.05) is 91.0 Å². The van der Waals surface area contributed by atoms with Crippen LogP contribution in [-0.2, 0) is 13.0 Å². The molecule has 0 saturated heterocycles. The van der Waals surface area contributed by atoms with Gasteiger partial charge in [0, 0.05) is 18.5 Å². The van der Waals surface area contributed by atoms with Crippen LogP contribution in [0.25, 0.3) is 11.4 Å². The van der Waals surface area contributed by atoms with Gasteiger partial charge in [-0.1, -0.05) is 91.0 Å². The van der Waals surface area contributed by atoms with Crippen molar-refractivity contribution >= 4 is 11.9 Å². The summed E-state index contributed by atoms with van der Waals surface area (Å²) >= 11 is 0. The highest BCUT2D eigenvalue weighted by Crippen LogP contribution is 2.19. The number of carbonyl (C=O) groups excluding carboxylic acids is 1. The molecule has 0 bridgehead atoms. The molecule has 1 heterocycles. The van der Waals surface area contributed by atoms with Crippen LogP contribution in [0.2, 0.25) is 0 Å². The first-order valence-electron chi connectivity index (χ1n) is 9.67. The molecule has 0 spiro atoms. The Morgan fingerprint density at radius 2 is 1.38 bits per heavy atom. The van der Waals surface area contributed by atoms with Crippen LogP contribution in [0.3, 0.4) is 0 Å². The standard InChI is InChI=1S/C24H22N4O/c29-22(17-16-19-10-4-1-5-11-19)28-24(25-18-20-12-6-2-7-13-20)26-23(27-28)21-14-8-3-9-15-21/h1-15H,16-18H2,(H,25,26,27). The second kappa shape index (κ2) is 8.97. The number of hydrogen-bond donors (Lipinski definition) is 1. The third-order valence-electron chi connectivity index (χ3n) is 4.64. The summed E-state index contributed by atoms with van der Waals surface area (Å²) in [4.78, 5) is 17.5. The van der Waals surface area contributed by atoms with Crippen molar-refractivity contribution in [3.8, 4) is 11.4 Å². The van der Waals surface area contributed by atoms with Crippen molar-refractivity contribution in [1.29, 1.82) is 0 Å². The fourth-order valence-electron chi connectivity index (χ4n) is 3.09. The molecule has 0 aliphatic heterocycles. The third kappa shape index (κ3) is 4.76. The molecule has 0 amide bonds. The molecule has 5 nitrogen and oxygen atoms in total. The minimum atomic E-state index is -0.0842. The summed E-state index contributed by atoms with van der Waals surface area (Å²) in [5.41, 5.74) is 3.12. The third-order valence-corrected chi connectivity index (χ3v) is 4.64. The molecule has 0 unspecified atom stereocenters. The maximum absolute atomic E-state index is 12.9. The van der Waals surface area contributed by atoms with E-state index in [9.17, 15) is 4.79 Å². The molecule has 0 aliphatic carbocycles. The van der Waals surface area contributed by atoms with Gasteiger partial charge in [-0.15, -0.1) is 5.10 Å². The molecule has 29 heavy (non-hydrogen) atoms. The van der Waals surface area contributed by atoms with Crippen molar-refractivity contribution in [3.63, 3.8) is 0 Å². The number of rotatable bonds is 7. The van der Waals surface area contributed by atoms with Gasteiger partial charge in [-0.2, -0.15) is 9.67 Å². The molecule has 4 aromatic rings. The van der Waals surface area contributed by atoms with E-state index in [2.05, 4.69) is 15.4 Å². The van der Waals surface area contributed by atoms with E-state index in [4.69, 9.17) is 0 Å². The van der Waals surface area contributed by atoms with E-state index < -0.39 is 0 Å². The van der Waals surface area contributed by atoms with Gasteiger partial charge in [0.25, 0.3) is 0 Å². The average molecular weight is 382 g/mol. The molecule has 0 fully saturated rings. The number of aryl methyl sites for hydroxylation is 1. The summed E-state index contributed by atoms with van der Waals surface area (Å²) in [6.07, 6.45) is 1.03. The van der Waals surface area contributed by atoms with Gasteiger partial charge in [0.15, 0.2) is 5.82 Å². The Balaban J connectivity index is 1.56. The monoisotopic (exact) mass is 382 g/mol. The molecule has 1 aromatic heterocycles. The predicted octanol–water partition coefficient (Wildman–Crippen LogP) is 4.83. The zero-order valence-electron chi connectivity index (χ0n) is 16.0. The summed E-state index contributed by atoms with van der Waals surface area (Å²) in [5, 5.41) is 7.77. The van der Waals surface area contributed by atoms with Gasteiger partial charge in [0.05, 0.1) is 0 Å². The Morgan fingerprint density at radius 3 is 2.03 bits per heavy atom. The number of hydrogen-bond acceptors (Lipinski definition) is 4. The van der Waals surface area contributed by atoms with Crippen LogP contribution in [-0.4, -0.2) is 20.7 Å². The van der Waals surface area contributed by atoms with Crippen LogP contribution in [0.4, 0.5) is 5.95 Å². The highest BCUT2D eigenvalue weighted by atomic mass is 16.2. The topological polar surface area (TPSA) is 59.8 Å². The lowest BCUT2D eigenvalue weighted by Crippen LogP contribution is -2.17. The second-order valence-electron chi connectivity index (χ2n) is 6.76. The highest BCUT2D eigenvalue weighted by Gasteiger charge is 2.17. The smallest absolute Gasteiger partial charge is 0.250 e. The van der Waals surface area contributed by atoms with Gasteiger partial charge in [0.1, 0.15) is 0 Å². The highest BCUT2D eigenvalue weighted by molar-refractivity contribution is 5.81. The molecule has 0 aliphatic rings. The summed E-state index contributed by atoms with van der Waals surface area (Å²) in [7, 11) is 0. The molecule has 0 saturated carbocycles. The predicted molar refractivity (Wildman–Crippen MR) is 115 cm³/mol. The minimum absolute atomic E-state index is 0.0842. The average Bonchev–Trinajstić information content (AvgIpc) is 3.22. The number of nitrogens with one attached hydrogen (secondary N) is 1. The Labute approximate surface area is 170 Å². The molecular weight excluding hydrogens is 360 g/mol. The molecule has 4 rings (SSSR count). The van der Waals surface area contributed by atoms with Crippen LogP contribution >= 0.6 is 0 Å². The molecule has 144 valence electrons. The Morgan fingerprint density at radius 1 is 0.793 bits per heavy atom. The SMILES string of the molecule is O=C(CCc1ccccc1)n1nc(-c2ccccc2)nc1NCc1ccccc1. The largest absolute Gasteiger partial charge is 0.350 e. The first kappa shape index (κ1) is 18.6. The first-order chi connectivity index (χ1) is 14.3. The van der Waals surface area contributed by atoms with Crippen molar-refractivity contribution in [1.82, 2.24) is 14.8 Å². The van der Waals surface area contributed by atoms with E-state index >= 15 is 0 Å². The number of anilines is 1. The van der Waals surface area contributed by atoms with Gasteiger partial charge >= 0.3 is 0 Å². The minimum Gasteiger partial charge on any atom is -0.350 e. The van der Waals surface area contributed by atoms with Crippen molar-refractivity contribution < 1.29 is 4.79 Å². The summed E-state index contributed by atoms with van der Waals surface area (Å²) in [5.74, 6) is 0.916. The lowest BCUT2D eigenvalue weighted by Gasteiger charge is -2.07. The zero-order valence-corrected chi connectivity index (χ0v) is 16.0. The van der Waals surface area contributed by atoms with Crippen molar-refractivity contribution in [3.05, 3.63) is 102 Å². The van der Waals surface area contributed by atoms with E-state index in [-0.39, 0.29) is 5.91 Å². The van der Waals surface area contributed by atoms with Crippen molar-refractivity contribution in [2.75, 3.05) is 5.32 Å². The quantitative estimate of drug-likeness (QED) is 0.497. The maximum atomic E-state index is 12.9. The van der Waals surface area contributed by atoms with Crippen molar-refractivity contribution in [2.45, 2.75) is 19.4 Å². The Hall–Kier alpha value is -3.73. The van der Waals surface area contributed by atoms with Crippen LogP contribution in [0.1, 0.15) is 22.3 Å². The number of nitrogens with zero attached hydrogens (tertiary/aromatic N) is 3. The number of benzene rings is 3. The summed E-state index contributed by atoms with van der Waals surface area (Å²) in [6, 6.07) is 29.7. The van der Waals surface area contributed by atoms with Gasteiger partial charge in [-0.05, 0) is 17.5 Å². The number of carbonyl (C=O) groups is 1. The molecular formula is C24H22N4O. The fourth-order valence-corrected chi connectivity index (χ4v) is 3.09. The number of aromatic nitrogens is 3. The van der Waals surface area contributed by atoms with E-state index in [0.717, 1.165) is 16.7 Å². The first-order valence-corrected chi connectivity index (χ1v) is 9.67. The molecule has 5 heteroatoms. The van der Waals surface area contributed by atoms with Crippen molar-refractivity contribution in [2.24, 2.45) is 0 Å². The van der Waals surface area contributed by atoms with Crippen LogP contribution in [0, 0.1) is 0 Å². The van der Waals surface area contributed by atoms with Gasteiger partial charge in [0.2, 0.25) is 11.9 Å². The fraction of sp³-hybridized carbons (Fsp3) is 0.125. The van der Waals surface area contributed by atoms with Crippen LogP contribution in [0.15, 0.2) is 91.0 Å². The van der Waals surface area contributed by atoms with E-state index in [0.29, 0.717) is 31.2 Å². The van der Waals surface area contributed by atoms with Gasteiger partial charge in [-0.25, -0.2) is 0 Å². The normalized spacial score (nSPS) is 10.6.